The van der Waals surface area contributed by atoms with Crippen molar-refractivity contribution in [2.24, 2.45) is 0 Å². The zero-order chi connectivity index (χ0) is 10.5. The highest BCUT2D eigenvalue weighted by Crippen LogP contribution is 2.40. The Balaban J connectivity index is 1.88. The fraction of sp³-hybridized carbons (Fsp3) is 0.500. The predicted octanol–water partition coefficient (Wildman–Crippen LogP) is 1.71. The van der Waals surface area contributed by atoms with Crippen LogP contribution in [0.5, 0.6) is 0 Å². The van der Waals surface area contributed by atoms with Crippen LogP contribution in [0.2, 0.25) is 0 Å². The molecule has 2 aliphatic rings. The smallest absolute Gasteiger partial charge is 0.113 e. The first-order chi connectivity index (χ1) is 7.92. The summed E-state index contributed by atoms with van der Waals surface area (Å²) in [6.07, 6.45) is 6.68. The van der Waals surface area contributed by atoms with Crippen molar-refractivity contribution in [1.29, 1.82) is 0 Å². The Morgan fingerprint density at radius 2 is 2.31 bits per heavy atom. The van der Waals surface area contributed by atoms with E-state index in [4.69, 9.17) is 9.72 Å². The summed E-state index contributed by atoms with van der Waals surface area (Å²) >= 11 is 0. The molecule has 4 nitrogen and oxygen atoms in total. The van der Waals surface area contributed by atoms with Crippen LogP contribution in [0.4, 0.5) is 0 Å². The maximum atomic E-state index is 5.32. The van der Waals surface area contributed by atoms with Gasteiger partial charge in [-0.25, -0.2) is 4.98 Å². The van der Waals surface area contributed by atoms with Crippen LogP contribution < -0.4 is 0 Å². The van der Waals surface area contributed by atoms with E-state index in [9.17, 15) is 0 Å². The summed E-state index contributed by atoms with van der Waals surface area (Å²) in [6.45, 7) is 1.83. The predicted molar refractivity (Wildman–Crippen MR) is 59.2 cm³/mol. The number of imidazole rings is 1. The molecule has 82 valence electrons. The van der Waals surface area contributed by atoms with Crippen LogP contribution in [-0.4, -0.2) is 27.2 Å². The number of aromatic nitrogens is 3. The van der Waals surface area contributed by atoms with Crippen molar-refractivity contribution in [3.05, 3.63) is 24.3 Å². The Bertz CT molecular complexity index is 540. The average molecular weight is 215 g/mol. The molecule has 1 aliphatic carbocycles. The second-order valence-corrected chi connectivity index (χ2v) is 4.67. The Morgan fingerprint density at radius 1 is 1.44 bits per heavy atom. The first-order valence-corrected chi connectivity index (χ1v) is 5.83. The first-order valence-electron chi connectivity index (χ1n) is 5.83. The largest absolute Gasteiger partial charge is 0.371 e. The Hall–Kier alpha value is -1.42. The Labute approximate surface area is 93.3 Å². The van der Waals surface area contributed by atoms with Crippen molar-refractivity contribution in [2.45, 2.75) is 31.4 Å². The zero-order valence-corrected chi connectivity index (χ0v) is 8.97. The van der Waals surface area contributed by atoms with Gasteiger partial charge < -0.3 is 9.30 Å². The van der Waals surface area contributed by atoms with Gasteiger partial charge in [-0.1, -0.05) is 0 Å². The van der Waals surface area contributed by atoms with Gasteiger partial charge in [-0.3, -0.25) is 4.98 Å². The van der Waals surface area contributed by atoms with Gasteiger partial charge in [0.05, 0.1) is 36.5 Å². The molecule has 0 N–H and O–H groups in total. The number of hydrogen-bond donors (Lipinski definition) is 0. The molecule has 0 radical (unpaired) electrons. The lowest BCUT2D eigenvalue weighted by Crippen LogP contribution is -2.07. The quantitative estimate of drug-likeness (QED) is 0.732. The molecular formula is C12H13N3O. The van der Waals surface area contributed by atoms with Gasteiger partial charge in [-0.15, -0.1) is 0 Å². The molecule has 4 rings (SSSR count). The van der Waals surface area contributed by atoms with E-state index in [1.807, 2.05) is 18.5 Å². The summed E-state index contributed by atoms with van der Waals surface area (Å²) < 4.78 is 7.62. The molecule has 0 unspecified atom stereocenters. The Kier molecular flexibility index (Phi) is 1.65. The van der Waals surface area contributed by atoms with Crippen molar-refractivity contribution in [1.82, 2.24) is 14.5 Å². The topological polar surface area (TPSA) is 43.2 Å². The van der Waals surface area contributed by atoms with Gasteiger partial charge in [0.25, 0.3) is 0 Å². The molecule has 2 aromatic rings. The highest BCUT2D eigenvalue weighted by Gasteiger charge is 2.32. The third-order valence-corrected chi connectivity index (χ3v) is 3.31. The van der Waals surface area contributed by atoms with E-state index in [1.165, 1.54) is 18.7 Å². The number of fused-ring (bicyclic) bond motifs is 1. The van der Waals surface area contributed by atoms with Gasteiger partial charge in [0.15, 0.2) is 0 Å². The van der Waals surface area contributed by atoms with Crippen LogP contribution in [-0.2, 0) is 11.3 Å². The summed E-state index contributed by atoms with van der Waals surface area (Å²) in [7, 11) is 0. The van der Waals surface area contributed by atoms with Crippen LogP contribution in [0.25, 0.3) is 11.0 Å². The third kappa shape index (κ3) is 1.33. The molecule has 0 bridgehead atoms. The molecule has 0 amide bonds. The minimum absolute atomic E-state index is 0.398. The second-order valence-electron chi connectivity index (χ2n) is 4.67. The van der Waals surface area contributed by atoms with E-state index in [0.717, 1.165) is 24.2 Å². The van der Waals surface area contributed by atoms with Crippen molar-refractivity contribution < 1.29 is 4.74 Å². The van der Waals surface area contributed by atoms with Crippen molar-refractivity contribution in [2.75, 3.05) is 6.61 Å². The van der Waals surface area contributed by atoms with Gasteiger partial charge in [0, 0.05) is 12.1 Å². The number of ether oxygens (including phenoxy) is 1. The fourth-order valence-electron chi connectivity index (χ4n) is 2.21. The molecule has 4 heteroatoms. The van der Waals surface area contributed by atoms with Gasteiger partial charge >= 0.3 is 0 Å². The van der Waals surface area contributed by atoms with E-state index in [1.54, 1.807) is 0 Å². The highest BCUT2D eigenvalue weighted by atomic mass is 16.6. The minimum atomic E-state index is 0.398. The molecule has 1 saturated heterocycles. The average Bonchev–Trinajstić information content (AvgIpc) is 3.19. The first kappa shape index (κ1) is 8.70. The van der Waals surface area contributed by atoms with Crippen molar-refractivity contribution in [3.8, 4) is 0 Å². The summed E-state index contributed by atoms with van der Waals surface area (Å²) in [6, 6.07) is 1.99. The SMILES string of the molecule is c1cc2nc(C3CC3)n(C[C@H]3CO3)c2cn1. The van der Waals surface area contributed by atoms with Crippen LogP contribution in [0.3, 0.4) is 0 Å². The van der Waals surface area contributed by atoms with Gasteiger partial charge in [-0.2, -0.15) is 0 Å². The van der Waals surface area contributed by atoms with Crippen molar-refractivity contribution >= 4 is 11.0 Å². The molecule has 16 heavy (non-hydrogen) atoms. The van der Waals surface area contributed by atoms with Gasteiger partial charge in [-0.05, 0) is 18.9 Å². The number of rotatable bonds is 3. The van der Waals surface area contributed by atoms with Gasteiger partial charge in [0.1, 0.15) is 5.82 Å². The Morgan fingerprint density at radius 3 is 3.06 bits per heavy atom. The number of hydrogen-bond acceptors (Lipinski definition) is 3. The lowest BCUT2D eigenvalue weighted by atomic mass is 10.3. The van der Waals surface area contributed by atoms with E-state index < -0.39 is 0 Å². The summed E-state index contributed by atoms with van der Waals surface area (Å²) in [5.74, 6) is 1.91. The zero-order valence-electron chi connectivity index (χ0n) is 8.97. The van der Waals surface area contributed by atoms with E-state index in [2.05, 4.69) is 9.55 Å². The molecule has 2 aromatic heterocycles. The van der Waals surface area contributed by atoms with E-state index in [0.29, 0.717) is 12.0 Å². The van der Waals surface area contributed by atoms with Crippen LogP contribution >= 0.6 is 0 Å². The lowest BCUT2D eigenvalue weighted by molar-refractivity contribution is 0.382. The summed E-state index contributed by atoms with van der Waals surface area (Å²) in [5, 5.41) is 0. The van der Waals surface area contributed by atoms with E-state index in [-0.39, 0.29) is 0 Å². The molecule has 1 saturated carbocycles. The molecule has 3 heterocycles. The van der Waals surface area contributed by atoms with Crippen molar-refractivity contribution in [3.63, 3.8) is 0 Å². The number of epoxide rings is 1. The molecule has 0 spiro atoms. The maximum Gasteiger partial charge on any atom is 0.113 e. The normalized spacial score (nSPS) is 23.9. The highest BCUT2D eigenvalue weighted by molar-refractivity contribution is 5.75. The molecular weight excluding hydrogens is 202 g/mol. The van der Waals surface area contributed by atoms with Crippen LogP contribution in [0.1, 0.15) is 24.6 Å². The number of pyridine rings is 1. The second kappa shape index (κ2) is 3.04. The summed E-state index contributed by atoms with van der Waals surface area (Å²) in [5.41, 5.74) is 2.22. The monoisotopic (exact) mass is 215 g/mol. The molecule has 1 atom stereocenters. The van der Waals surface area contributed by atoms with E-state index >= 15 is 0 Å². The maximum absolute atomic E-state index is 5.32. The standard InChI is InChI=1S/C12H13N3O/c1-2-8(1)12-14-10-3-4-13-5-11(10)15(12)6-9-7-16-9/h3-5,8-9H,1-2,6-7H2/t9-/m0/s1. The van der Waals surface area contributed by atoms with Crippen LogP contribution in [0, 0.1) is 0 Å². The van der Waals surface area contributed by atoms with Crippen LogP contribution in [0.15, 0.2) is 18.5 Å². The third-order valence-electron chi connectivity index (χ3n) is 3.31. The minimum Gasteiger partial charge on any atom is -0.371 e. The molecule has 0 aromatic carbocycles. The molecule has 2 fully saturated rings. The number of nitrogens with zero attached hydrogens (tertiary/aromatic N) is 3. The fourth-order valence-corrected chi connectivity index (χ4v) is 2.21. The lowest BCUT2D eigenvalue weighted by Gasteiger charge is -2.05. The molecule has 1 aliphatic heterocycles. The van der Waals surface area contributed by atoms with Gasteiger partial charge in [0.2, 0.25) is 0 Å². The summed E-state index contributed by atoms with van der Waals surface area (Å²) in [4.78, 5) is 8.92.